The Morgan fingerprint density at radius 3 is 2.15 bits per heavy atom. The van der Waals surface area contributed by atoms with E-state index in [-0.39, 0.29) is 33.0 Å². The van der Waals surface area contributed by atoms with Crippen molar-refractivity contribution in [3.63, 3.8) is 0 Å². The number of anilines is 1. The smallest absolute Gasteiger partial charge is 0.460 e. The van der Waals surface area contributed by atoms with Gasteiger partial charge in [0.2, 0.25) is 11.8 Å². The first-order valence-electron chi connectivity index (χ1n) is 15.9. The number of aryl methyl sites for hydroxylation is 1. The van der Waals surface area contributed by atoms with Crippen molar-refractivity contribution < 1.29 is 75.8 Å². The average Bonchev–Trinajstić information content (AvgIpc) is 3.41. The minimum absolute atomic E-state index is 0.123. The Labute approximate surface area is 326 Å². The number of hydrogen-bond acceptors (Lipinski definition) is 10. The first-order valence-corrected chi connectivity index (χ1v) is 18.3. The number of primary amides is 1. The van der Waals surface area contributed by atoms with Crippen LogP contribution >= 0.6 is 11.6 Å². The predicted molar refractivity (Wildman–Crippen MR) is 183 cm³/mol. The zero-order valence-electron chi connectivity index (χ0n) is 29.4. The largest absolute Gasteiger partial charge is 0.471 e. The van der Waals surface area contributed by atoms with Crippen LogP contribution in [-0.2, 0) is 32.8 Å². The highest BCUT2D eigenvalue weighted by Gasteiger charge is 2.82. The normalized spacial score (nSPS) is 13.5. The summed E-state index contributed by atoms with van der Waals surface area (Å²) in [6, 6.07) is 5.64. The lowest BCUT2D eigenvalue weighted by Crippen LogP contribution is -2.62. The van der Waals surface area contributed by atoms with Gasteiger partial charge in [0.15, 0.2) is 39.8 Å². The van der Waals surface area contributed by atoms with Crippen LogP contribution < -0.4 is 21.3 Å². The molecule has 3 aromatic heterocycles. The monoisotopic (exact) mass is 893 g/mol. The number of fused-ring (bicyclic) bond motifs is 2. The zero-order chi connectivity index (χ0) is 44.2. The minimum Gasteiger partial charge on any atom is -0.471 e. The molecule has 59 heavy (non-hydrogen) atoms. The quantitative estimate of drug-likeness (QED) is 0.137. The Balaban J connectivity index is 1.73. The van der Waals surface area contributed by atoms with Crippen LogP contribution in [0.2, 0.25) is 5.02 Å². The van der Waals surface area contributed by atoms with E-state index in [2.05, 4.69) is 25.1 Å². The molecule has 3 N–H and O–H groups in total. The van der Waals surface area contributed by atoms with Crippen molar-refractivity contribution in [3.05, 3.63) is 80.9 Å². The molecule has 5 rings (SSSR count). The van der Waals surface area contributed by atoms with Gasteiger partial charge in [-0.25, -0.2) is 27.0 Å². The number of nitrogens with one attached hydrogen (secondary N) is 1. The molecule has 0 saturated carbocycles. The van der Waals surface area contributed by atoms with Gasteiger partial charge in [0, 0.05) is 31.9 Å². The lowest BCUT2D eigenvalue weighted by molar-refractivity contribution is -0.398. The molecule has 318 valence electrons. The van der Waals surface area contributed by atoms with Crippen LogP contribution in [0.1, 0.15) is 17.5 Å². The summed E-state index contributed by atoms with van der Waals surface area (Å²) in [4.78, 5) is 46.9. The number of pyridine rings is 1. The van der Waals surface area contributed by atoms with Crippen molar-refractivity contribution in [2.45, 2.75) is 36.5 Å². The van der Waals surface area contributed by atoms with Gasteiger partial charge in [0.1, 0.15) is 17.4 Å². The number of sulfone groups is 1. The average molecular weight is 894 g/mol. The number of hydrogen-bond donors (Lipinski definition) is 2. The number of alkyl halides is 9. The maximum Gasteiger partial charge on any atom is 0.460 e. The van der Waals surface area contributed by atoms with E-state index in [1.807, 2.05) is 0 Å². The number of carbonyl (C=O) groups excluding carboxylic acids is 2. The van der Waals surface area contributed by atoms with E-state index in [1.54, 1.807) is 0 Å². The van der Waals surface area contributed by atoms with Crippen LogP contribution in [0.15, 0.2) is 47.3 Å². The van der Waals surface area contributed by atoms with Crippen molar-refractivity contribution in [1.82, 2.24) is 24.3 Å². The number of nitrogens with two attached hydrogens (primary N) is 1. The Bertz CT molecular complexity index is 2660. The summed E-state index contributed by atoms with van der Waals surface area (Å²) in [7, 11) is -2.58. The lowest BCUT2D eigenvalue weighted by Gasteiger charge is -2.33. The lowest BCUT2D eigenvalue weighted by atomic mass is 10.0. The fourth-order valence-corrected chi connectivity index (χ4v) is 6.35. The van der Waals surface area contributed by atoms with E-state index in [0.29, 0.717) is 16.7 Å². The minimum atomic E-state index is -7.23. The van der Waals surface area contributed by atoms with Crippen LogP contribution in [0, 0.1) is 11.6 Å². The van der Waals surface area contributed by atoms with Gasteiger partial charge in [0.25, 0.3) is 5.56 Å². The number of rotatable bonds is 13. The molecular formula is C32H23ClF11N7O7S. The molecule has 1 unspecified atom stereocenters. The highest BCUT2D eigenvalue weighted by molar-refractivity contribution is 7.91. The third-order valence-electron chi connectivity index (χ3n) is 8.04. The summed E-state index contributed by atoms with van der Waals surface area (Å²) < 4.78 is 184. The fraction of sp³-hybridized carbons (Fsp3) is 0.312. The van der Waals surface area contributed by atoms with Crippen LogP contribution in [0.5, 0.6) is 5.88 Å². The molecule has 0 aliphatic rings. The number of amides is 2. The van der Waals surface area contributed by atoms with E-state index in [1.165, 1.54) is 13.1 Å². The van der Waals surface area contributed by atoms with Gasteiger partial charge in [-0.3, -0.25) is 18.8 Å². The Morgan fingerprint density at radius 2 is 1.58 bits per heavy atom. The summed E-state index contributed by atoms with van der Waals surface area (Å²) >= 11 is 6.44. The SMILES string of the molecule is Cn1nc(NC(=O)CS(C)(=O)=O)c2c(Cl)ccc(-n3c(C(Cc4cc(F)cc(F)c4)OC(N)=O)nc4nc(OCC(F)(F)C(F)(F)C(F)(F)C(F)(F)F)ccc4c3=O)c21. The van der Waals surface area contributed by atoms with Gasteiger partial charge < -0.3 is 20.5 Å². The van der Waals surface area contributed by atoms with Crippen molar-refractivity contribution >= 4 is 61.2 Å². The Morgan fingerprint density at radius 1 is 0.949 bits per heavy atom. The van der Waals surface area contributed by atoms with E-state index in [4.69, 9.17) is 22.1 Å². The highest BCUT2D eigenvalue weighted by Crippen LogP contribution is 2.53. The predicted octanol–water partition coefficient (Wildman–Crippen LogP) is 5.81. The number of benzene rings is 2. The number of halogens is 12. The Kier molecular flexibility index (Phi) is 11.6. The topological polar surface area (TPSA) is 190 Å². The van der Waals surface area contributed by atoms with Crippen molar-refractivity contribution in [2.24, 2.45) is 12.8 Å². The highest BCUT2D eigenvalue weighted by atomic mass is 35.5. The molecule has 27 heteroatoms. The van der Waals surface area contributed by atoms with Gasteiger partial charge in [0.05, 0.1) is 27.0 Å². The molecule has 0 bridgehead atoms. The van der Waals surface area contributed by atoms with Crippen molar-refractivity contribution in [3.8, 4) is 11.6 Å². The first-order chi connectivity index (χ1) is 27.0. The van der Waals surface area contributed by atoms with E-state index in [0.717, 1.165) is 35.2 Å². The van der Waals surface area contributed by atoms with E-state index >= 15 is 0 Å². The molecule has 3 heterocycles. The summed E-state index contributed by atoms with van der Waals surface area (Å²) in [6.07, 6.45) is -10.6. The van der Waals surface area contributed by atoms with Gasteiger partial charge in [-0.1, -0.05) is 11.6 Å². The number of ether oxygens (including phenoxy) is 2. The second-order valence-corrected chi connectivity index (χ2v) is 15.1. The molecule has 5 aromatic rings. The maximum atomic E-state index is 14.4. The van der Waals surface area contributed by atoms with E-state index < -0.39 is 111 Å². The van der Waals surface area contributed by atoms with Crippen LogP contribution in [0.3, 0.4) is 0 Å². The summed E-state index contributed by atoms with van der Waals surface area (Å²) in [5.41, 5.74) is 2.56. The molecule has 14 nitrogen and oxygen atoms in total. The summed E-state index contributed by atoms with van der Waals surface area (Å²) in [6.45, 7) is -2.82. The number of aromatic nitrogens is 5. The molecule has 0 aliphatic heterocycles. The van der Waals surface area contributed by atoms with Crippen molar-refractivity contribution in [1.29, 1.82) is 0 Å². The molecular weight excluding hydrogens is 871 g/mol. The molecule has 2 amide bonds. The Hall–Kier alpha value is -5.79. The molecule has 0 spiro atoms. The van der Waals surface area contributed by atoms with Gasteiger partial charge in [-0.2, -0.15) is 49.6 Å². The van der Waals surface area contributed by atoms with Gasteiger partial charge >= 0.3 is 30.0 Å². The number of nitrogens with zero attached hydrogens (tertiary/aromatic N) is 5. The van der Waals surface area contributed by atoms with Crippen LogP contribution in [0.25, 0.3) is 27.6 Å². The first kappa shape index (κ1) is 44.3. The molecule has 0 saturated heterocycles. The second-order valence-electron chi connectivity index (χ2n) is 12.6. The van der Waals surface area contributed by atoms with Gasteiger partial charge in [-0.05, 0) is 35.9 Å². The second kappa shape index (κ2) is 15.4. The molecule has 0 fully saturated rings. The zero-order valence-corrected chi connectivity index (χ0v) is 30.9. The molecule has 0 radical (unpaired) electrons. The maximum absolute atomic E-state index is 14.4. The van der Waals surface area contributed by atoms with Crippen molar-refractivity contribution in [2.75, 3.05) is 23.9 Å². The molecule has 1 atom stereocenters. The van der Waals surface area contributed by atoms with Crippen LogP contribution in [-0.4, -0.2) is 87.3 Å². The standard InChI is InChI=1S/C32H23ClF11N7O7S/c1-50-23-18(5-4-17(33)22(23)25(49-50)46-20(52)11-59(2,55)56)51-26(19(58-28(45)54)9-13-7-14(34)10-15(35)8-13)48-24-16(27(51)53)3-6-21(47-24)57-12-29(36,37)30(38,39)31(40,41)32(42,43)44/h3-8,10,19H,9,11-12H2,1-2H3,(H2,45,54)(H,46,49,52). The van der Waals surface area contributed by atoms with Crippen LogP contribution in [0.4, 0.5) is 58.9 Å². The number of carbonyl (C=O) groups is 2. The van der Waals surface area contributed by atoms with Gasteiger partial charge in [-0.15, -0.1) is 0 Å². The van der Waals surface area contributed by atoms with E-state index in [9.17, 15) is 71.1 Å². The third kappa shape index (κ3) is 8.81. The summed E-state index contributed by atoms with van der Waals surface area (Å²) in [5.74, 6) is -27.0. The molecule has 2 aromatic carbocycles. The molecule has 0 aliphatic carbocycles. The fourth-order valence-electron chi connectivity index (χ4n) is 5.56. The summed E-state index contributed by atoms with van der Waals surface area (Å²) in [5, 5.41) is 5.54. The third-order valence-corrected chi connectivity index (χ3v) is 9.14.